The molecular weight excluding hydrogens is 254 g/mol. The Morgan fingerprint density at radius 3 is 2.85 bits per heavy atom. The van der Waals surface area contributed by atoms with E-state index in [-0.39, 0.29) is 18.5 Å². The van der Waals surface area contributed by atoms with Crippen LogP contribution in [0.1, 0.15) is 13.8 Å². The largest absolute Gasteiger partial charge is 0.399 e. The van der Waals surface area contributed by atoms with Crippen LogP contribution in [0.15, 0.2) is 24.5 Å². The lowest BCUT2D eigenvalue weighted by Gasteiger charge is -2.20. The number of nitrogens with zero attached hydrogens (tertiary/aromatic N) is 3. The number of nitrogens with two attached hydrogens (primary N) is 1. The van der Waals surface area contributed by atoms with Gasteiger partial charge in [0.25, 0.3) is 0 Å². The number of benzene rings is 1. The minimum atomic E-state index is -0.0373. The third-order valence-electron chi connectivity index (χ3n) is 2.83. The van der Waals surface area contributed by atoms with E-state index < -0.39 is 0 Å². The van der Waals surface area contributed by atoms with Crippen LogP contribution in [0.4, 0.5) is 11.5 Å². The van der Waals surface area contributed by atoms with Crippen LogP contribution in [0.3, 0.4) is 0 Å². The summed E-state index contributed by atoms with van der Waals surface area (Å²) in [5, 5.41) is 3.73. The molecule has 0 saturated carbocycles. The zero-order valence-corrected chi connectivity index (χ0v) is 11.9. The molecule has 20 heavy (non-hydrogen) atoms. The quantitative estimate of drug-likeness (QED) is 0.817. The summed E-state index contributed by atoms with van der Waals surface area (Å²) in [4.78, 5) is 22.1. The summed E-state index contributed by atoms with van der Waals surface area (Å²) in [5.41, 5.74) is 7.17. The molecule has 0 radical (unpaired) electrons. The molecule has 1 aromatic carbocycles. The Balaban J connectivity index is 2.26. The molecule has 106 valence electrons. The first-order valence-electron chi connectivity index (χ1n) is 6.48. The molecule has 3 N–H and O–H groups in total. The smallest absolute Gasteiger partial charge is 0.239 e. The van der Waals surface area contributed by atoms with Crippen molar-refractivity contribution >= 4 is 28.3 Å². The van der Waals surface area contributed by atoms with E-state index in [9.17, 15) is 4.79 Å². The first kappa shape index (κ1) is 14.0. The summed E-state index contributed by atoms with van der Waals surface area (Å²) < 4.78 is 0. The average Bonchev–Trinajstić information content (AvgIpc) is 2.36. The molecule has 2 rings (SSSR count). The molecule has 1 amide bonds. The Bertz CT molecular complexity index is 626. The fourth-order valence-corrected chi connectivity index (χ4v) is 2.02. The van der Waals surface area contributed by atoms with Crippen molar-refractivity contribution in [3.05, 3.63) is 24.5 Å². The lowest BCUT2D eigenvalue weighted by Crippen LogP contribution is -2.38. The van der Waals surface area contributed by atoms with E-state index in [1.54, 1.807) is 17.0 Å². The van der Waals surface area contributed by atoms with Crippen molar-refractivity contribution in [2.75, 3.05) is 24.2 Å². The number of aromatic nitrogens is 2. The van der Waals surface area contributed by atoms with E-state index in [1.807, 2.05) is 27.0 Å². The predicted molar refractivity (Wildman–Crippen MR) is 80.5 cm³/mol. The third-order valence-corrected chi connectivity index (χ3v) is 2.83. The third kappa shape index (κ3) is 3.14. The number of nitrogen functional groups attached to an aromatic ring is 1. The fourth-order valence-electron chi connectivity index (χ4n) is 2.02. The van der Waals surface area contributed by atoms with Crippen LogP contribution in [-0.4, -0.2) is 35.5 Å². The van der Waals surface area contributed by atoms with Gasteiger partial charge in [0.1, 0.15) is 12.1 Å². The monoisotopic (exact) mass is 273 g/mol. The zero-order chi connectivity index (χ0) is 14.7. The van der Waals surface area contributed by atoms with Crippen molar-refractivity contribution in [1.29, 1.82) is 0 Å². The number of carbonyl (C=O) groups excluding carboxylic acids is 1. The van der Waals surface area contributed by atoms with Gasteiger partial charge in [0.05, 0.1) is 12.1 Å². The van der Waals surface area contributed by atoms with Crippen LogP contribution in [0.25, 0.3) is 10.9 Å². The second kappa shape index (κ2) is 5.73. The number of rotatable bonds is 4. The highest BCUT2D eigenvalue weighted by Gasteiger charge is 2.12. The molecule has 0 aliphatic rings. The number of hydrogen-bond acceptors (Lipinski definition) is 5. The Morgan fingerprint density at radius 2 is 2.15 bits per heavy atom. The minimum absolute atomic E-state index is 0.0373. The van der Waals surface area contributed by atoms with Crippen LogP contribution < -0.4 is 16.0 Å². The summed E-state index contributed by atoms with van der Waals surface area (Å²) in [6.07, 6.45) is 1.48. The minimum Gasteiger partial charge on any atom is -0.399 e. The topological polar surface area (TPSA) is 84.1 Å². The maximum Gasteiger partial charge on any atom is 0.239 e. The Morgan fingerprint density at radius 1 is 1.40 bits per heavy atom. The molecule has 0 bridgehead atoms. The lowest BCUT2D eigenvalue weighted by atomic mass is 10.2. The molecule has 0 aliphatic heterocycles. The molecule has 6 heteroatoms. The molecule has 0 unspecified atom stereocenters. The average molecular weight is 273 g/mol. The molecule has 0 spiro atoms. The second-order valence-corrected chi connectivity index (χ2v) is 5.05. The van der Waals surface area contributed by atoms with E-state index in [0.29, 0.717) is 11.5 Å². The van der Waals surface area contributed by atoms with Crippen LogP contribution >= 0.6 is 0 Å². The number of carbonyl (C=O) groups is 1. The number of fused-ring (bicyclic) bond motifs is 1. The molecule has 0 fully saturated rings. The van der Waals surface area contributed by atoms with Gasteiger partial charge in [-0.1, -0.05) is 0 Å². The predicted octanol–water partition coefficient (Wildman–Crippen LogP) is 1.17. The van der Waals surface area contributed by atoms with E-state index in [4.69, 9.17) is 5.73 Å². The summed E-state index contributed by atoms with van der Waals surface area (Å²) in [6.45, 7) is 4.11. The highest BCUT2D eigenvalue weighted by atomic mass is 16.2. The molecule has 0 atom stereocenters. The highest BCUT2D eigenvalue weighted by molar-refractivity contribution is 5.92. The van der Waals surface area contributed by atoms with Crippen molar-refractivity contribution in [2.45, 2.75) is 19.9 Å². The Hall–Kier alpha value is -2.37. The van der Waals surface area contributed by atoms with Crippen molar-refractivity contribution in [1.82, 2.24) is 15.3 Å². The molecule has 1 aromatic heterocycles. The van der Waals surface area contributed by atoms with Crippen molar-refractivity contribution in [3.8, 4) is 0 Å². The molecule has 6 nitrogen and oxygen atoms in total. The maximum absolute atomic E-state index is 11.8. The number of likely N-dealkylation sites (N-methyl/N-ethyl adjacent to an activating group) is 1. The SMILES string of the molecule is CC(C)NC(=O)CN(C)c1ncnc2cc(N)ccc12. The number of nitrogens with one attached hydrogen (secondary N) is 1. The first-order valence-corrected chi connectivity index (χ1v) is 6.48. The van der Waals surface area contributed by atoms with Crippen molar-refractivity contribution in [2.24, 2.45) is 0 Å². The normalized spacial score (nSPS) is 10.8. The molecule has 1 heterocycles. The molecule has 0 saturated heterocycles. The van der Waals surface area contributed by atoms with Gasteiger partial charge in [-0.3, -0.25) is 4.79 Å². The van der Waals surface area contributed by atoms with Gasteiger partial charge in [-0.15, -0.1) is 0 Å². The summed E-state index contributed by atoms with van der Waals surface area (Å²) >= 11 is 0. The van der Waals surface area contributed by atoms with Gasteiger partial charge in [0, 0.05) is 24.2 Å². The first-order chi connectivity index (χ1) is 9.47. The van der Waals surface area contributed by atoms with Gasteiger partial charge in [0.2, 0.25) is 5.91 Å². The highest BCUT2D eigenvalue weighted by Crippen LogP contribution is 2.23. The van der Waals surface area contributed by atoms with Crippen LogP contribution in [0.5, 0.6) is 0 Å². The molecule has 2 aromatic rings. The van der Waals surface area contributed by atoms with E-state index in [1.165, 1.54) is 6.33 Å². The van der Waals surface area contributed by atoms with Crippen LogP contribution in [0.2, 0.25) is 0 Å². The summed E-state index contributed by atoms with van der Waals surface area (Å²) in [6, 6.07) is 5.59. The maximum atomic E-state index is 11.8. The lowest BCUT2D eigenvalue weighted by molar-refractivity contribution is -0.120. The van der Waals surface area contributed by atoms with Crippen molar-refractivity contribution < 1.29 is 4.79 Å². The van der Waals surface area contributed by atoms with Gasteiger partial charge >= 0.3 is 0 Å². The van der Waals surface area contributed by atoms with Crippen LogP contribution in [0, 0.1) is 0 Å². The summed E-state index contributed by atoms with van der Waals surface area (Å²) in [5.74, 6) is 0.679. The van der Waals surface area contributed by atoms with E-state index in [2.05, 4.69) is 15.3 Å². The van der Waals surface area contributed by atoms with Gasteiger partial charge in [-0.25, -0.2) is 9.97 Å². The fraction of sp³-hybridized carbons (Fsp3) is 0.357. The van der Waals surface area contributed by atoms with Gasteiger partial charge in [-0.05, 0) is 32.0 Å². The molecular formula is C14H19N5O. The van der Waals surface area contributed by atoms with Gasteiger partial charge in [0.15, 0.2) is 0 Å². The Labute approximate surface area is 118 Å². The van der Waals surface area contributed by atoms with Gasteiger partial charge in [-0.2, -0.15) is 0 Å². The number of hydrogen-bond donors (Lipinski definition) is 2. The van der Waals surface area contributed by atoms with E-state index in [0.717, 1.165) is 10.9 Å². The zero-order valence-electron chi connectivity index (χ0n) is 11.9. The van der Waals surface area contributed by atoms with Gasteiger partial charge < -0.3 is 16.0 Å². The standard InChI is InChI=1S/C14H19N5O/c1-9(2)18-13(20)7-19(3)14-11-5-4-10(15)6-12(11)16-8-17-14/h4-6,8-9H,7,15H2,1-3H3,(H,18,20). The van der Waals surface area contributed by atoms with Crippen LogP contribution in [-0.2, 0) is 4.79 Å². The Kier molecular flexibility index (Phi) is 4.02. The molecule has 0 aliphatic carbocycles. The second-order valence-electron chi connectivity index (χ2n) is 5.05. The number of amides is 1. The van der Waals surface area contributed by atoms with E-state index >= 15 is 0 Å². The summed E-state index contributed by atoms with van der Waals surface area (Å²) in [7, 11) is 1.83. The van der Waals surface area contributed by atoms with Crippen molar-refractivity contribution in [3.63, 3.8) is 0 Å². The number of anilines is 2.